The number of hydrogen-bond acceptors (Lipinski definition) is 4. The maximum Gasteiger partial charge on any atom is 0.273 e. The third kappa shape index (κ3) is 4.41. The number of nitrogens with zero attached hydrogens (tertiary/aromatic N) is 2. The third-order valence-corrected chi connectivity index (χ3v) is 5.00. The monoisotopic (exact) mass is 331 g/mol. The highest BCUT2D eigenvalue weighted by molar-refractivity contribution is 7.09. The van der Waals surface area contributed by atoms with Crippen LogP contribution in [-0.2, 0) is 6.42 Å². The molecule has 2 atom stereocenters. The van der Waals surface area contributed by atoms with E-state index in [2.05, 4.69) is 23.7 Å². The molecule has 4 nitrogen and oxygen atoms in total. The van der Waals surface area contributed by atoms with Crippen molar-refractivity contribution in [2.75, 3.05) is 13.1 Å². The van der Waals surface area contributed by atoms with E-state index in [9.17, 15) is 4.79 Å². The van der Waals surface area contributed by atoms with Crippen molar-refractivity contribution < 1.29 is 4.79 Å². The van der Waals surface area contributed by atoms with Gasteiger partial charge in [-0.2, -0.15) is 0 Å². The molecule has 1 aliphatic heterocycles. The number of nitrogens with two attached hydrogens (primary N) is 1. The Morgan fingerprint density at radius 1 is 1.57 bits per heavy atom. The van der Waals surface area contributed by atoms with E-state index >= 15 is 0 Å². The molecule has 0 aliphatic carbocycles. The van der Waals surface area contributed by atoms with Crippen molar-refractivity contribution in [2.24, 2.45) is 11.7 Å². The quantitative estimate of drug-likeness (QED) is 0.901. The first-order chi connectivity index (χ1) is 9.67. The number of halogens is 1. The highest BCUT2D eigenvalue weighted by Gasteiger charge is 2.32. The predicted molar refractivity (Wildman–Crippen MR) is 90.3 cm³/mol. The average Bonchev–Trinajstić information content (AvgIpc) is 2.89. The van der Waals surface area contributed by atoms with Crippen LogP contribution in [0, 0.1) is 5.92 Å². The Bertz CT molecular complexity index is 452. The van der Waals surface area contributed by atoms with E-state index in [0.29, 0.717) is 24.2 Å². The van der Waals surface area contributed by atoms with Crippen molar-refractivity contribution in [3.8, 4) is 0 Å². The number of amides is 1. The van der Waals surface area contributed by atoms with E-state index in [1.54, 1.807) is 11.3 Å². The third-order valence-electron chi connectivity index (χ3n) is 4.09. The highest BCUT2D eigenvalue weighted by atomic mass is 35.5. The van der Waals surface area contributed by atoms with Gasteiger partial charge in [0.2, 0.25) is 0 Å². The van der Waals surface area contributed by atoms with Crippen LogP contribution in [-0.4, -0.2) is 34.9 Å². The molecule has 1 saturated heterocycles. The second kappa shape index (κ2) is 8.71. The Morgan fingerprint density at radius 3 is 3.00 bits per heavy atom. The van der Waals surface area contributed by atoms with Crippen LogP contribution >= 0.6 is 23.7 Å². The van der Waals surface area contributed by atoms with Gasteiger partial charge in [0.15, 0.2) is 0 Å². The summed E-state index contributed by atoms with van der Waals surface area (Å²) in [5, 5.41) is 2.85. The summed E-state index contributed by atoms with van der Waals surface area (Å²) in [6.45, 7) is 5.91. The van der Waals surface area contributed by atoms with Gasteiger partial charge in [-0.25, -0.2) is 4.98 Å². The Labute approximate surface area is 137 Å². The van der Waals surface area contributed by atoms with Gasteiger partial charge in [0, 0.05) is 24.4 Å². The molecule has 1 aromatic rings. The van der Waals surface area contributed by atoms with E-state index in [0.717, 1.165) is 37.2 Å². The first kappa shape index (κ1) is 18.4. The van der Waals surface area contributed by atoms with Gasteiger partial charge in [-0.15, -0.1) is 23.7 Å². The second-order valence-corrected chi connectivity index (χ2v) is 6.58. The number of hydrogen-bond donors (Lipinski definition) is 1. The number of rotatable bonds is 5. The molecule has 0 saturated carbocycles. The fraction of sp³-hybridized carbons (Fsp3) is 0.733. The lowest BCUT2D eigenvalue weighted by Gasteiger charge is -2.39. The molecule has 21 heavy (non-hydrogen) atoms. The normalized spacial score (nSPS) is 22.0. The predicted octanol–water partition coefficient (Wildman–Crippen LogP) is 3.11. The van der Waals surface area contributed by atoms with Crippen LogP contribution in [0.25, 0.3) is 0 Å². The summed E-state index contributed by atoms with van der Waals surface area (Å²) in [5.41, 5.74) is 6.15. The maximum atomic E-state index is 12.7. The van der Waals surface area contributed by atoms with Crippen LogP contribution in [0.3, 0.4) is 0 Å². The summed E-state index contributed by atoms with van der Waals surface area (Å²) in [6.07, 6.45) is 5.30. The number of likely N-dealkylation sites (tertiary alicyclic amines) is 1. The number of carbonyl (C=O) groups excluding carboxylic acids is 1. The molecule has 2 N–H and O–H groups in total. The van der Waals surface area contributed by atoms with Gasteiger partial charge in [-0.1, -0.05) is 20.3 Å². The molecule has 6 heteroatoms. The standard InChI is InChI=1S/C15H25N3OS.ClH/c1-3-5-13-11(2)6-4-9-18(13)15(19)12-10-20-14(17-12)7-8-16;/h10-11,13H,3-9,16H2,1-2H3;1H. The van der Waals surface area contributed by atoms with Gasteiger partial charge in [0.25, 0.3) is 5.91 Å². The molecule has 1 amide bonds. The minimum Gasteiger partial charge on any atom is -0.334 e. The lowest BCUT2D eigenvalue weighted by Crippen LogP contribution is -2.47. The minimum atomic E-state index is 0. The van der Waals surface area contributed by atoms with Gasteiger partial charge >= 0.3 is 0 Å². The summed E-state index contributed by atoms with van der Waals surface area (Å²) in [5.74, 6) is 0.698. The van der Waals surface area contributed by atoms with E-state index in [4.69, 9.17) is 5.73 Å². The summed E-state index contributed by atoms with van der Waals surface area (Å²) < 4.78 is 0. The first-order valence-corrected chi connectivity index (χ1v) is 8.50. The second-order valence-electron chi connectivity index (χ2n) is 5.64. The fourth-order valence-electron chi connectivity index (χ4n) is 3.03. The average molecular weight is 332 g/mol. The Hall–Kier alpha value is -0.650. The molecule has 0 bridgehead atoms. The van der Waals surface area contributed by atoms with Crippen LogP contribution in [0.5, 0.6) is 0 Å². The topological polar surface area (TPSA) is 59.2 Å². The van der Waals surface area contributed by atoms with Crippen LogP contribution in [0.15, 0.2) is 5.38 Å². The number of piperidine rings is 1. The molecule has 1 aromatic heterocycles. The van der Waals surface area contributed by atoms with Crippen molar-refractivity contribution in [1.82, 2.24) is 9.88 Å². The van der Waals surface area contributed by atoms with Crippen molar-refractivity contribution in [1.29, 1.82) is 0 Å². The van der Waals surface area contributed by atoms with E-state index in [-0.39, 0.29) is 18.3 Å². The van der Waals surface area contributed by atoms with Crippen molar-refractivity contribution >= 4 is 29.7 Å². The van der Waals surface area contributed by atoms with Gasteiger partial charge < -0.3 is 10.6 Å². The van der Waals surface area contributed by atoms with E-state index in [1.807, 2.05) is 5.38 Å². The number of aromatic nitrogens is 1. The molecule has 2 unspecified atom stereocenters. The molecule has 0 radical (unpaired) electrons. The molecule has 120 valence electrons. The first-order valence-electron chi connectivity index (χ1n) is 7.62. The molecule has 1 fully saturated rings. The zero-order valence-corrected chi connectivity index (χ0v) is 14.5. The van der Waals surface area contributed by atoms with Crippen LogP contribution in [0.1, 0.15) is 55.0 Å². The number of thiazole rings is 1. The molecule has 0 spiro atoms. The lowest BCUT2D eigenvalue weighted by atomic mass is 9.88. The summed E-state index contributed by atoms with van der Waals surface area (Å²) in [7, 11) is 0. The minimum absolute atomic E-state index is 0. The number of carbonyl (C=O) groups is 1. The Kier molecular flexibility index (Phi) is 7.63. The van der Waals surface area contributed by atoms with Gasteiger partial charge in [-0.3, -0.25) is 4.79 Å². The molecule has 2 heterocycles. The van der Waals surface area contributed by atoms with Gasteiger partial charge in [0.1, 0.15) is 5.69 Å². The molecular formula is C15H26ClN3OS. The fourth-order valence-corrected chi connectivity index (χ4v) is 3.82. The zero-order chi connectivity index (χ0) is 14.5. The Balaban J connectivity index is 0.00000220. The van der Waals surface area contributed by atoms with Gasteiger partial charge in [0.05, 0.1) is 5.01 Å². The summed E-state index contributed by atoms with van der Waals surface area (Å²) in [6, 6.07) is 0.376. The maximum absolute atomic E-state index is 12.7. The van der Waals surface area contributed by atoms with Crippen molar-refractivity contribution in [3.63, 3.8) is 0 Å². The van der Waals surface area contributed by atoms with Crippen molar-refractivity contribution in [2.45, 2.75) is 52.0 Å². The SMILES string of the molecule is CCCC1C(C)CCCN1C(=O)c1csc(CCN)n1.Cl. The van der Waals surface area contributed by atoms with Crippen LogP contribution in [0.4, 0.5) is 0 Å². The molecular weight excluding hydrogens is 306 g/mol. The van der Waals surface area contributed by atoms with Gasteiger partial charge in [-0.05, 0) is 31.7 Å². The van der Waals surface area contributed by atoms with Crippen LogP contribution in [0.2, 0.25) is 0 Å². The molecule has 0 aromatic carbocycles. The zero-order valence-electron chi connectivity index (χ0n) is 12.9. The van der Waals surface area contributed by atoms with Crippen LogP contribution < -0.4 is 5.73 Å². The van der Waals surface area contributed by atoms with Crippen molar-refractivity contribution in [3.05, 3.63) is 16.1 Å². The largest absolute Gasteiger partial charge is 0.334 e. The van der Waals surface area contributed by atoms with E-state index in [1.165, 1.54) is 6.42 Å². The highest BCUT2D eigenvalue weighted by Crippen LogP contribution is 2.28. The summed E-state index contributed by atoms with van der Waals surface area (Å²) >= 11 is 1.54. The smallest absolute Gasteiger partial charge is 0.273 e. The molecule has 1 aliphatic rings. The Morgan fingerprint density at radius 2 is 2.33 bits per heavy atom. The summed E-state index contributed by atoms with van der Waals surface area (Å²) in [4.78, 5) is 19.2. The van der Waals surface area contributed by atoms with E-state index < -0.39 is 0 Å². The lowest BCUT2D eigenvalue weighted by molar-refractivity contribution is 0.0492. The molecule has 2 rings (SSSR count).